The van der Waals surface area contributed by atoms with Crippen molar-refractivity contribution in [2.75, 3.05) is 13.1 Å². The van der Waals surface area contributed by atoms with E-state index in [1.165, 1.54) is 18.2 Å². The highest BCUT2D eigenvalue weighted by atomic mass is 32.2. The van der Waals surface area contributed by atoms with Gasteiger partial charge in [-0.2, -0.15) is 0 Å². The van der Waals surface area contributed by atoms with Crippen LogP contribution in [0.25, 0.3) is 0 Å². The quantitative estimate of drug-likeness (QED) is 0.617. The Bertz CT molecular complexity index is 582. The second-order valence-corrected chi connectivity index (χ2v) is 6.56. The van der Waals surface area contributed by atoms with Gasteiger partial charge in [-0.25, -0.2) is 13.1 Å². The maximum Gasteiger partial charge on any atom is 0.273 e. The van der Waals surface area contributed by atoms with E-state index in [9.17, 15) is 18.5 Å². The highest BCUT2D eigenvalue weighted by Gasteiger charge is 2.23. The number of nitrogens with one attached hydrogen (secondary N) is 2. The van der Waals surface area contributed by atoms with E-state index in [-0.39, 0.29) is 23.0 Å². The first-order valence-corrected chi connectivity index (χ1v) is 8.06. The smallest absolute Gasteiger partial charge is 0.273 e. The molecular formula is C12H17N3O4S. The molecule has 0 spiro atoms. The predicted octanol–water partition coefficient (Wildman–Crippen LogP) is 0.766. The molecule has 7 nitrogen and oxygen atoms in total. The van der Waals surface area contributed by atoms with Gasteiger partial charge in [0.15, 0.2) is 0 Å². The molecule has 1 aliphatic rings. The molecule has 0 bridgehead atoms. The number of nitro benzene ring substituents is 1. The minimum atomic E-state index is -3.58. The minimum Gasteiger partial charge on any atom is -0.315 e. The van der Waals surface area contributed by atoms with E-state index in [0.717, 1.165) is 19.4 Å². The summed E-state index contributed by atoms with van der Waals surface area (Å²) in [7, 11) is -3.58. The van der Waals surface area contributed by atoms with Crippen LogP contribution in [0, 0.1) is 10.1 Å². The van der Waals surface area contributed by atoms with Crippen molar-refractivity contribution in [2.24, 2.45) is 0 Å². The lowest BCUT2D eigenvalue weighted by Crippen LogP contribution is -2.45. The van der Waals surface area contributed by atoms with Gasteiger partial charge in [0.25, 0.3) is 5.69 Å². The lowest BCUT2D eigenvalue weighted by atomic mass is 10.1. The summed E-state index contributed by atoms with van der Waals surface area (Å²) in [6.07, 6.45) is 1.70. The number of nitrogens with zero attached hydrogens (tertiary/aromatic N) is 1. The van der Waals surface area contributed by atoms with E-state index in [1.54, 1.807) is 6.07 Å². The van der Waals surface area contributed by atoms with Crippen LogP contribution in [0.3, 0.4) is 0 Å². The fraction of sp³-hybridized carbons (Fsp3) is 0.500. The summed E-state index contributed by atoms with van der Waals surface area (Å²) >= 11 is 0. The predicted molar refractivity (Wildman–Crippen MR) is 74.7 cm³/mol. The second-order valence-electron chi connectivity index (χ2n) is 4.81. The third kappa shape index (κ3) is 3.99. The molecule has 0 unspecified atom stereocenters. The van der Waals surface area contributed by atoms with Gasteiger partial charge in [0.05, 0.1) is 10.7 Å². The molecule has 1 aliphatic heterocycles. The topological polar surface area (TPSA) is 101 Å². The molecule has 1 aromatic carbocycles. The molecule has 2 rings (SSSR count). The summed E-state index contributed by atoms with van der Waals surface area (Å²) < 4.78 is 26.8. The molecule has 8 heteroatoms. The third-order valence-electron chi connectivity index (χ3n) is 3.18. The third-order valence-corrected chi connectivity index (χ3v) is 4.56. The van der Waals surface area contributed by atoms with E-state index >= 15 is 0 Å². The number of nitro groups is 1. The molecule has 0 aliphatic carbocycles. The van der Waals surface area contributed by atoms with Crippen LogP contribution >= 0.6 is 0 Å². The summed E-state index contributed by atoms with van der Waals surface area (Å²) in [5.41, 5.74) is 0.0356. The van der Waals surface area contributed by atoms with Gasteiger partial charge < -0.3 is 5.32 Å². The minimum absolute atomic E-state index is 0.142. The maximum absolute atomic E-state index is 12.1. The normalized spacial score (nSPS) is 19.7. The van der Waals surface area contributed by atoms with Gasteiger partial charge in [0.2, 0.25) is 10.0 Å². The van der Waals surface area contributed by atoms with Crippen molar-refractivity contribution in [3.63, 3.8) is 0 Å². The molecule has 0 aromatic heterocycles. The zero-order chi connectivity index (χ0) is 14.6. The highest BCUT2D eigenvalue weighted by molar-refractivity contribution is 7.88. The summed E-state index contributed by atoms with van der Waals surface area (Å²) in [5, 5.41) is 14.0. The Morgan fingerprint density at radius 3 is 2.80 bits per heavy atom. The first-order valence-electron chi connectivity index (χ1n) is 6.41. The Kier molecular flexibility index (Phi) is 4.69. The van der Waals surface area contributed by atoms with Gasteiger partial charge in [-0.05, 0) is 19.4 Å². The summed E-state index contributed by atoms with van der Waals surface area (Å²) in [6, 6.07) is 5.76. The Morgan fingerprint density at radius 2 is 2.15 bits per heavy atom. The van der Waals surface area contributed by atoms with Gasteiger partial charge in [0.1, 0.15) is 0 Å². The van der Waals surface area contributed by atoms with E-state index in [2.05, 4.69) is 10.0 Å². The average molecular weight is 299 g/mol. The molecule has 1 fully saturated rings. The van der Waals surface area contributed by atoms with Crippen molar-refractivity contribution in [3.8, 4) is 0 Å². The molecule has 0 amide bonds. The van der Waals surface area contributed by atoms with Crippen molar-refractivity contribution in [1.29, 1.82) is 0 Å². The van der Waals surface area contributed by atoms with E-state index in [0.29, 0.717) is 6.54 Å². The Balaban J connectivity index is 2.10. The van der Waals surface area contributed by atoms with Gasteiger partial charge >= 0.3 is 0 Å². The molecule has 20 heavy (non-hydrogen) atoms. The van der Waals surface area contributed by atoms with Crippen LogP contribution in [0.15, 0.2) is 24.3 Å². The number of hydrogen-bond donors (Lipinski definition) is 2. The first-order chi connectivity index (χ1) is 9.48. The van der Waals surface area contributed by atoms with Crippen LogP contribution in [0.5, 0.6) is 0 Å². The van der Waals surface area contributed by atoms with Crippen LogP contribution in [-0.4, -0.2) is 32.5 Å². The van der Waals surface area contributed by atoms with Gasteiger partial charge in [-0.3, -0.25) is 10.1 Å². The molecule has 1 atom stereocenters. The lowest BCUT2D eigenvalue weighted by molar-refractivity contribution is -0.385. The molecule has 0 radical (unpaired) electrons. The van der Waals surface area contributed by atoms with Crippen molar-refractivity contribution >= 4 is 15.7 Å². The summed E-state index contributed by atoms with van der Waals surface area (Å²) in [6.45, 7) is 1.48. The number of para-hydroxylation sites is 1. The maximum atomic E-state index is 12.1. The van der Waals surface area contributed by atoms with Crippen molar-refractivity contribution < 1.29 is 13.3 Å². The SMILES string of the molecule is O=[N+]([O-])c1ccccc1CS(=O)(=O)N[C@H]1CCCNC1. The molecule has 0 saturated carbocycles. The Labute approximate surface area is 117 Å². The highest BCUT2D eigenvalue weighted by Crippen LogP contribution is 2.20. The Hall–Kier alpha value is -1.51. The zero-order valence-electron chi connectivity index (χ0n) is 10.9. The van der Waals surface area contributed by atoms with Crippen molar-refractivity contribution in [2.45, 2.75) is 24.6 Å². The van der Waals surface area contributed by atoms with Crippen molar-refractivity contribution in [3.05, 3.63) is 39.9 Å². The van der Waals surface area contributed by atoms with Crippen LogP contribution < -0.4 is 10.0 Å². The summed E-state index contributed by atoms with van der Waals surface area (Å²) in [4.78, 5) is 10.3. The number of piperidine rings is 1. The number of benzene rings is 1. The van der Waals surface area contributed by atoms with Crippen LogP contribution in [0.1, 0.15) is 18.4 Å². The van der Waals surface area contributed by atoms with E-state index < -0.39 is 14.9 Å². The van der Waals surface area contributed by atoms with Gasteiger partial charge in [-0.15, -0.1) is 0 Å². The molecule has 1 heterocycles. The number of sulfonamides is 1. The van der Waals surface area contributed by atoms with Gasteiger partial charge in [-0.1, -0.05) is 18.2 Å². The molecule has 1 aromatic rings. The van der Waals surface area contributed by atoms with Crippen LogP contribution in [-0.2, 0) is 15.8 Å². The molecule has 110 valence electrons. The lowest BCUT2D eigenvalue weighted by Gasteiger charge is -2.23. The Morgan fingerprint density at radius 1 is 1.40 bits per heavy atom. The fourth-order valence-electron chi connectivity index (χ4n) is 2.26. The number of hydrogen-bond acceptors (Lipinski definition) is 5. The van der Waals surface area contributed by atoms with Crippen LogP contribution in [0.4, 0.5) is 5.69 Å². The zero-order valence-corrected chi connectivity index (χ0v) is 11.7. The van der Waals surface area contributed by atoms with Crippen LogP contribution in [0.2, 0.25) is 0 Å². The van der Waals surface area contributed by atoms with E-state index in [1.807, 2.05) is 0 Å². The largest absolute Gasteiger partial charge is 0.315 e. The molecule has 2 N–H and O–H groups in total. The standard InChI is InChI=1S/C12H17N3O4S/c16-15(17)12-6-2-1-4-10(12)9-20(18,19)14-11-5-3-7-13-8-11/h1-2,4,6,11,13-14H,3,5,7-9H2/t11-/m0/s1. The molecular weight excluding hydrogens is 282 g/mol. The second kappa shape index (κ2) is 6.29. The number of rotatable bonds is 5. The average Bonchev–Trinajstić information content (AvgIpc) is 2.39. The fourth-order valence-corrected chi connectivity index (χ4v) is 3.71. The summed E-state index contributed by atoms with van der Waals surface area (Å²) in [5.74, 6) is -0.374. The molecule has 1 saturated heterocycles. The van der Waals surface area contributed by atoms with Crippen molar-refractivity contribution in [1.82, 2.24) is 10.0 Å². The van der Waals surface area contributed by atoms with E-state index in [4.69, 9.17) is 0 Å². The first kappa shape index (κ1) is 14.9. The monoisotopic (exact) mass is 299 g/mol. The van der Waals surface area contributed by atoms with Gasteiger partial charge in [0, 0.05) is 24.2 Å².